The van der Waals surface area contributed by atoms with Crippen LogP contribution in [0.3, 0.4) is 0 Å². The molecule has 2 rings (SSSR count). The van der Waals surface area contributed by atoms with Gasteiger partial charge in [-0.15, -0.1) is 0 Å². The van der Waals surface area contributed by atoms with Crippen molar-refractivity contribution in [3.63, 3.8) is 0 Å². The minimum Gasteiger partial charge on any atom is -0.494 e. The highest BCUT2D eigenvalue weighted by atomic mass is 79.9. The summed E-state index contributed by atoms with van der Waals surface area (Å²) >= 11 is 3.36. The fourth-order valence-corrected chi connectivity index (χ4v) is 2.53. The highest BCUT2D eigenvalue weighted by molar-refractivity contribution is 9.10. The summed E-state index contributed by atoms with van der Waals surface area (Å²) in [7, 11) is 0. The molecule has 0 bridgehead atoms. The number of aliphatic carboxylic acids is 1. The second-order valence-electron chi connectivity index (χ2n) is 4.95. The number of carboxylic acid groups (broad SMARTS) is 1. The van der Waals surface area contributed by atoms with Gasteiger partial charge in [-0.2, -0.15) is 0 Å². The molecule has 0 saturated carbocycles. The molecule has 120 valence electrons. The van der Waals surface area contributed by atoms with Gasteiger partial charge in [-0.1, -0.05) is 22.0 Å². The van der Waals surface area contributed by atoms with Crippen molar-refractivity contribution in [2.75, 3.05) is 26.3 Å². The summed E-state index contributed by atoms with van der Waals surface area (Å²) in [6, 6.07) is 7.51. The van der Waals surface area contributed by atoms with E-state index in [1.807, 2.05) is 24.3 Å². The number of amides is 1. The average Bonchev–Trinajstić information content (AvgIpc) is 2.51. The quantitative estimate of drug-likeness (QED) is 0.773. The van der Waals surface area contributed by atoms with Crippen LogP contribution < -0.4 is 4.74 Å². The molecule has 0 aromatic heterocycles. The lowest BCUT2D eigenvalue weighted by atomic mass is 10.2. The van der Waals surface area contributed by atoms with Gasteiger partial charge in [-0.25, -0.2) is 4.79 Å². The zero-order chi connectivity index (χ0) is 15.9. The molecule has 1 saturated heterocycles. The molecule has 0 spiro atoms. The molecule has 6 nitrogen and oxygen atoms in total. The summed E-state index contributed by atoms with van der Waals surface area (Å²) in [4.78, 5) is 24.5. The van der Waals surface area contributed by atoms with Crippen molar-refractivity contribution in [2.24, 2.45) is 0 Å². The Morgan fingerprint density at radius 2 is 2.27 bits per heavy atom. The molecule has 1 atom stereocenters. The monoisotopic (exact) mass is 371 g/mol. The third kappa shape index (κ3) is 4.99. The SMILES string of the molecule is O=C(O)C1CN(C(=O)CCCOc2cccc(Br)c2)CCO1. The van der Waals surface area contributed by atoms with Crippen LogP contribution in [0.25, 0.3) is 0 Å². The minimum atomic E-state index is -1.03. The molecule has 1 fully saturated rings. The highest BCUT2D eigenvalue weighted by Gasteiger charge is 2.28. The number of halogens is 1. The lowest BCUT2D eigenvalue weighted by Crippen LogP contribution is -2.48. The van der Waals surface area contributed by atoms with Gasteiger partial charge in [0.1, 0.15) is 5.75 Å². The Morgan fingerprint density at radius 3 is 3.00 bits per heavy atom. The number of ether oxygens (including phenoxy) is 2. The summed E-state index contributed by atoms with van der Waals surface area (Å²) in [5.41, 5.74) is 0. The van der Waals surface area contributed by atoms with E-state index in [-0.39, 0.29) is 19.1 Å². The molecule has 1 aliphatic heterocycles. The molecule has 7 heteroatoms. The number of carbonyl (C=O) groups is 2. The summed E-state index contributed by atoms with van der Waals surface area (Å²) < 4.78 is 11.6. The van der Waals surface area contributed by atoms with Gasteiger partial charge in [0.25, 0.3) is 0 Å². The zero-order valence-corrected chi connectivity index (χ0v) is 13.6. The number of hydrogen-bond donors (Lipinski definition) is 1. The Hall–Kier alpha value is -1.60. The van der Waals surface area contributed by atoms with Crippen molar-refractivity contribution in [1.82, 2.24) is 4.90 Å². The molecule has 1 aromatic rings. The maximum Gasteiger partial charge on any atom is 0.334 e. The number of morpholine rings is 1. The van der Waals surface area contributed by atoms with E-state index in [0.717, 1.165) is 10.2 Å². The smallest absolute Gasteiger partial charge is 0.334 e. The van der Waals surface area contributed by atoms with Crippen molar-refractivity contribution in [2.45, 2.75) is 18.9 Å². The van der Waals surface area contributed by atoms with Crippen molar-refractivity contribution >= 4 is 27.8 Å². The normalized spacial score (nSPS) is 18.0. The predicted molar refractivity (Wildman–Crippen MR) is 82.8 cm³/mol. The summed E-state index contributed by atoms with van der Waals surface area (Å²) in [6.07, 6.45) is -0.00328. The number of hydrogen-bond acceptors (Lipinski definition) is 4. The van der Waals surface area contributed by atoms with Crippen LogP contribution in [0.5, 0.6) is 5.75 Å². The van der Waals surface area contributed by atoms with Crippen LogP contribution >= 0.6 is 15.9 Å². The topological polar surface area (TPSA) is 76.1 Å². The standard InChI is InChI=1S/C15H18BrNO5/c16-11-3-1-4-12(9-11)21-7-2-5-14(18)17-6-8-22-13(10-17)15(19)20/h1,3-4,9,13H,2,5-8,10H2,(H,19,20). The van der Waals surface area contributed by atoms with Gasteiger partial charge < -0.3 is 19.5 Å². The number of carbonyl (C=O) groups excluding carboxylic acids is 1. The van der Waals surface area contributed by atoms with Crippen LogP contribution in [0.15, 0.2) is 28.7 Å². The van der Waals surface area contributed by atoms with Gasteiger partial charge in [0.15, 0.2) is 6.10 Å². The van der Waals surface area contributed by atoms with Crippen molar-refractivity contribution < 1.29 is 24.2 Å². The van der Waals surface area contributed by atoms with Crippen LogP contribution in [0.4, 0.5) is 0 Å². The van der Waals surface area contributed by atoms with E-state index in [4.69, 9.17) is 14.6 Å². The Balaban J connectivity index is 1.70. The maximum absolute atomic E-state index is 12.0. The summed E-state index contributed by atoms with van der Waals surface area (Å²) in [5.74, 6) is -0.345. The van der Waals surface area contributed by atoms with Gasteiger partial charge in [-0.3, -0.25) is 4.79 Å². The third-order valence-corrected chi connectivity index (χ3v) is 3.79. The van der Waals surface area contributed by atoms with Crippen molar-refractivity contribution in [1.29, 1.82) is 0 Å². The molecule has 1 aliphatic rings. The molecule has 1 N–H and O–H groups in total. The molecule has 0 aliphatic carbocycles. The second kappa shape index (κ2) is 8.14. The van der Waals surface area contributed by atoms with Gasteiger partial charge in [0, 0.05) is 17.4 Å². The fraction of sp³-hybridized carbons (Fsp3) is 0.467. The number of benzene rings is 1. The number of carboxylic acids is 1. The van der Waals surface area contributed by atoms with Crippen molar-refractivity contribution in [3.8, 4) is 5.75 Å². The van der Waals surface area contributed by atoms with Gasteiger partial charge in [0.2, 0.25) is 5.91 Å². The van der Waals surface area contributed by atoms with Crippen LogP contribution in [0.2, 0.25) is 0 Å². The molecular weight excluding hydrogens is 354 g/mol. The zero-order valence-electron chi connectivity index (χ0n) is 12.0. The molecular formula is C15H18BrNO5. The fourth-order valence-electron chi connectivity index (χ4n) is 2.15. The first-order chi connectivity index (χ1) is 10.6. The highest BCUT2D eigenvalue weighted by Crippen LogP contribution is 2.18. The Bertz CT molecular complexity index is 536. The Morgan fingerprint density at radius 1 is 1.45 bits per heavy atom. The molecule has 22 heavy (non-hydrogen) atoms. The van der Waals surface area contributed by atoms with Gasteiger partial charge in [0.05, 0.1) is 19.8 Å². The summed E-state index contributed by atoms with van der Waals surface area (Å²) in [5, 5.41) is 8.91. The first-order valence-corrected chi connectivity index (χ1v) is 7.86. The first-order valence-electron chi connectivity index (χ1n) is 7.07. The first kappa shape index (κ1) is 16.8. The van der Waals surface area contributed by atoms with E-state index < -0.39 is 12.1 Å². The van der Waals surface area contributed by atoms with E-state index in [1.54, 1.807) is 4.90 Å². The second-order valence-corrected chi connectivity index (χ2v) is 5.86. The van der Waals surface area contributed by atoms with E-state index >= 15 is 0 Å². The van der Waals surface area contributed by atoms with Crippen molar-refractivity contribution in [3.05, 3.63) is 28.7 Å². The molecule has 0 radical (unpaired) electrons. The van der Waals surface area contributed by atoms with Gasteiger partial charge >= 0.3 is 5.97 Å². The largest absolute Gasteiger partial charge is 0.494 e. The van der Waals surface area contributed by atoms with E-state index in [9.17, 15) is 9.59 Å². The predicted octanol–water partition coefficient (Wildman–Crippen LogP) is 1.92. The maximum atomic E-state index is 12.0. The Labute approximate surface area is 137 Å². The van der Waals surface area contributed by atoms with E-state index in [2.05, 4.69) is 15.9 Å². The summed E-state index contributed by atoms with van der Waals surface area (Å²) in [6.45, 7) is 1.25. The molecule has 1 unspecified atom stereocenters. The van der Waals surface area contributed by atoms with Crippen LogP contribution in [0, 0.1) is 0 Å². The number of nitrogens with zero attached hydrogens (tertiary/aromatic N) is 1. The molecule has 1 aromatic carbocycles. The minimum absolute atomic E-state index is 0.0626. The third-order valence-electron chi connectivity index (χ3n) is 3.29. The van der Waals surface area contributed by atoms with Gasteiger partial charge in [-0.05, 0) is 24.6 Å². The van der Waals surface area contributed by atoms with Crippen LogP contribution in [-0.4, -0.2) is 54.3 Å². The average molecular weight is 372 g/mol. The lowest BCUT2D eigenvalue weighted by Gasteiger charge is -2.30. The van der Waals surface area contributed by atoms with Crippen LogP contribution in [-0.2, 0) is 14.3 Å². The van der Waals surface area contributed by atoms with E-state index in [1.165, 1.54) is 0 Å². The van der Waals surface area contributed by atoms with Crippen LogP contribution in [0.1, 0.15) is 12.8 Å². The van der Waals surface area contributed by atoms with E-state index in [0.29, 0.717) is 26.0 Å². The lowest BCUT2D eigenvalue weighted by molar-refractivity contribution is -0.159. The Kier molecular flexibility index (Phi) is 6.21. The molecule has 1 heterocycles. The molecule has 1 amide bonds. The number of rotatable bonds is 6.